The number of unbranched alkanes of at least 4 members (excludes halogenated alkanes) is 7. The van der Waals surface area contributed by atoms with Crippen LogP contribution in [0.2, 0.25) is 0 Å². The van der Waals surface area contributed by atoms with Crippen LogP contribution < -0.4 is 22.3 Å². The Morgan fingerprint density at radius 1 is 0.605 bits per heavy atom. The molecule has 0 radical (unpaired) electrons. The summed E-state index contributed by atoms with van der Waals surface area (Å²) in [6, 6.07) is 16.4. The zero-order chi connectivity index (χ0) is 26.4. The molecule has 0 unspecified atom stereocenters. The summed E-state index contributed by atoms with van der Waals surface area (Å²) in [5.74, 6) is 5.01. The second-order valence-electron chi connectivity index (χ2n) is 9.58. The average molecular weight is 513 g/mol. The van der Waals surface area contributed by atoms with Crippen LogP contribution in [0.5, 0.6) is 0 Å². The van der Waals surface area contributed by atoms with Crippen LogP contribution in [0.1, 0.15) is 81.1 Å². The quantitative estimate of drug-likeness (QED) is 0.0707. The number of aromatic amines is 2. The maximum absolute atomic E-state index is 5.01. The van der Waals surface area contributed by atoms with E-state index in [2.05, 4.69) is 73.7 Å². The Hall–Kier alpha value is -3.56. The Morgan fingerprint density at radius 3 is 1.55 bits per heavy atom. The molecule has 5 rings (SSSR count). The first-order chi connectivity index (χ1) is 18.7. The minimum Gasteiger partial charge on any atom is -0.355 e. The van der Waals surface area contributed by atoms with E-state index in [-0.39, 0.29) is 0 Å². The van der Waals surface area contributed by atoms with E-state index in [9.17, 15) is 0 Å². The number of hydrazine groups is 3. The maximum Gasteiger partial charge on any atom is 0.0659 e. The second-order valence-corrected chi connectivity index (χ2v) is 9.58. The number of nitrogens with zero attached hydrogens (tertiary/aromatic N) is 2. The minimum absolute atomic E-state index is 0.915. The number of nitrogens with one attached hydrogen (secondary N) is 5. The van der Waals surface area contributed by atoms with Gasteiger partial charge in [-0.3, -0.25) is 5.84 Å². The summed E-state index contributed by atoms with van der Waals surface area (Å²) in [6.45, 7) is 3.23. The first kappa shape index (κ1) is 27.5. The van der Waals surface area contributed by atoms with Gasteiger partial charge < -0.3 is 9.97 Å². The van der Waals surface area contributed by atoms with E-state index in [4.69, 9.17) is 5.84 Å². The molecule has 0 saturated heterocycles. The zero-order valence-corrected chi connectivity index (χ0v) is 22.3. The van der Waals surface area contributed by atoms with Crippen molar-refractivity contribution in [1.82, 2.24) is 36.4 Å². The highest BCUT2D eigenvalue weighted by molar-refractivity contribution is 5.77. The number of fused-ring (bicyclic) bond motifs is 8. The molecule has 0 saturated carbocycles. The van der Waals surface area contributed by atoms with Crippen molar-refractivity contribution in [1.29, 1.82) is 0 Å². The van der Waals surface area contributed by atoms with Crippen LogP contribution in [0, 0.1) is 0 Å². The van der Waals surface area contributed by atoms with Crippen molar-refractivity contribution >= 4 is 46.4 Å². The lowest BCUT2D eigenvalue weighted by Crippen LogP contribution is -2.47. The SMILES string of the molecule is C1=Cc2cc3ccc(cc4ccc(cc5nc(cc1n2)C=C5)[nH]4)[nH]3.CCCCCCCCCCNNNN. The molecular formula is C30H40N8. The van der Waals surface area contributed by atoms with Crippen LogP contribution >= 0.6 is 0 Å². The molecule has 0 amide bonds. The summed E-state index contributed by atoms with van der Waals surface area (Å²) in [4.78, 5) is 16.0. The predicted molar refractivity (Wildman–Crippen MR) is 160 cm³/mol. The number of H-pyrrole nitrogens is 2. The fourth-order valence-electron chi connectivity index (χ4n) is 4.40. The topological polar surface area (TPSA) is 119 Å². The van der Waals surface area contributed by atoms with Crippen molar-refractivity contribution in [3.63, 3.8) is 0 Å². The van der Waals surface area contributed by atoms with Gasteiger partial charge >= 0.3 is 0 Å². The lowest BCUT2D eigenvalue weighted by atomic mass is 10.1. The van der Waals surface area contributed by atoms with E-state index in [0.717, 1.165) is 51.4 Å². The van der Waals surface area contributed by atoms with Gasteiger partial charge in [-0.25, -0.2) is 15.4 Å². The number of hydrogen-bond acceptors (Lipinski definition) is 6. The van der Waals surface area contributed by atoms with Crippen LogP contribution in [-0.4, -0.2) is 26.5 Å². The predicted octanol–water partition coefficient (Wildman–Crippen LogP) is 6.26. The average Bonchev–Trinajstić information content (AvgIpc) is 3.72. The summed E-state index contributed by atoms with van der Waals surface area (Å²) < 4.78 is 0. The summed E-state index contributed by atoms with van der Waals surface area (Å²) in [5.41, 5.74) is 15.8. The van der Waals surface area contributed by atoms with Gasteiger partial charge in [0.05, 0.1) is 22.8 Å². The molecule has 8 bridgehead atoms. The highest BCUT2D eigenvalue weighted by atomic mass is 15.7. The molecule has 2 aliphatic rings. The van der Waals surface area contributed by atoms with E-state index in [1.54, 1.807) is 0 Å². The Bertz CT molecular complexity index is 1260. The van der Waals surface area contributed by atoms with Crippen molar-refractivity contribution in [3.05, 3.63) is 71.3 Å². The Morgan fingerprint density at radius 2 is 1.05 bits per heavy atom. The van der Waals surface area contributed by atoms with Crippen LogP contribution in [0.4, 0.5) is 0 Å². The highest BCUT2D eigenvalue weighted by Crippen LogP contribution is 2.17. The minimum atomic E-state index is 0.915. The third-order valence-corrected chi connectivity index (χ3v) is 6.36. The highest BCUT2D eigenvalue weighted by Gasteiger charge is 2.02. The fraction of sp³-hybridized carbons (Fsp3) is 0.333. The van der Waals surface area contributed by atoms with E-state index < -0.39 is 0 Å². The fourth-order valence-corrected chi connectivity index (χ4v) is 4.40. The van der Waals surface area contributed by atoms with Crippen molar-refractivity contribution in [3.8, 4) is 0 Å². The van der Waals surface area contributed by atoms with Gasteiger partial charge in [0.2, 0.25) is 0 Å². The van der Waals surface area contributed by atoms with E-state index in [1.165, 1.54) is 51.4 Å². The van der Waals surface area contributed by atoms with Crippen LogP contribution in [0.3, 0.4) is 0 Å². The van der Waals surface area contributed by atoms with E-state index >= 15 is 0 Å². The summed E-state index contributed by atoms with van der Waals surface area (Å²) in [7, 11) is 0. The lowest BCUT2D eigenvalue weighted by molar-refractivity contribution is 0.431. The molecule has 8 nitrogen and oxygen atoms in total. The molecule has 0 spiro atoms. The normalized spacial score (nSPS) is 11.9. The monoisotopic (exact) mass is 512 g/mol. The van der Waals surface area contributed by atoms with Gasteiger partial charge in [-0.1, -0.05) is 51.9 Å². The molecule has 3 aromatic heterocycles. The van der Waals surface area contributed by atoms with Gasteiger partial charge in [-0.15, -0.1) is 0 Å². The van der Waals surface area contributed by atoms with Gasteiger partial charge in [0, 0.05) is 28.6 Å². The van der Waals surface area contributed by atoms with Gasteiger partial charge in [0.25, 0.3) is 0 Å². The first-order valence-electron chi connectivity index (χ1n) is 13.7. The molecule has 0 fully saturated rings. The van der Waals surface area contributed by atoms with Gasteiger partial charge in [-0.05, 0) is 79.3 Å². The maximum atomic E-state index is 5.01. The molecule has 0 aromatic carbocycles. The molecule has 3 aromatic rings. The van der Waals surface area contributed by atoms with Crippen LogP contribution in [-0.2, 0) is 0 Å². The zero-order valence-electron chi connectivity index (χ0n) is 22.3. The van der Waals surface area contributed by atoms with Gasteiger partial charge in [0.1, 0.15) is 0 Å². The number of hydrogen-bond donors (Lipinski definition) is 6. The molecule has 8 heteroatoms. The van der Waals surface area contributed by atoms with Crippen LogP contribution in [0.15, 0.2) is 48.5 Å². The Labute approximate surface area is 224 Å². The number of nitrogens with two attached hydrogens (primary N) is 1. The van der Waals surface area contributed by atoms with Crippen molar-refractivity contribution in [2.24, 2.45) is 5.84 Å². The standard InChI is InChI=1S/C20H14N4.C10H26N4/c1-2-14-10-16-5-6-18(23-16)12-20-8-7-19(24-20)11-17-4-3-15(22-17)9-13(1)21-14;1-2-3-4-5-6-7-8-9-10-12-14-13-11/h1-12,21-22H;12-14H,2-11H2,1H3. The largest absolute Gasteiger partial charge is 0.355 e. The Kier molecular flexibility index (Phi) is 10.8. The lowest BCUT2D eigenvalue weighted by Gasteiger charge is -2.04. The molecular weight excluding hydrogens is 472 g/mol. The third kappa shape index (κ3) is 9.08. The van der Waals surface area contributed by atoms with Crippen molar-refractivity contribution < 1.29 is 0 Å². The molecule has 38 heavy (non-hydrogen) atoms. The number of aromatic nitrogens is 4. The molecule has 2 aliphatic heterocycles. The number of rotatable bonds is 11. The summed E-state index contributed by atoms with van der Waals surface area (Å²) >= 11 is 0. The van der Waals surface area contributed by atoms with Crippen LogP contribution in [0.25, 0.3) is 46.4 Å². The summed E-state index contributed by atoms with van der Waals surface area (Å²) in [6.07, 6.45) is 18.9. The first-order valence-corrected chi connectivity index (χ1v) is 13.7. The molecule has 0 atom stereocenters. The molecule has 7 N–H and O–H groups in total. The summed E-state index contributed by atoms with van der Waals surface area (Å²) in [5, 5.41) is 0. The molecule has 200 valence electrons. The smallest absolute Gasteiger partial charge is 0.0659 e. The van der Waals surface area contributed by atoms with Crippen molar-refractivity contribution in [2.45, 2.75) is 58.3 Å². The van der Waals surface area contributed by atoms with Gasteiger partial charge in [-0.2, -0.15) is 11.1 Å². The Balaban J connectivity index is 0.000000208. The van der Waals surface area contributed by atoms with E-state index in [0.29, 0.717) is 0 Å². The second kappa shape index (κ2) is 15.0. The third-order valence-electron chi connectivity index (χ3n) is 6.36. The van der Waals surface area contributed by atoms with E-state index in [1.807, 2.05) is 42.5 Å². The van der Waals surface area contributed by atoms with Gasteiger partial charge in [0.15, 0.2) is 0 Å². The molecule has 5 heterocycles. The molecule has 0 aliphatic carbocycles. The van der Waals surface area contributed by atoms with Crippen molar-refractivity contribution in [2.75, 3.05) is 6.54 Å².